The molecule has 0 aliphatic carbocycles. The molecule has 1 aliphatic heterocycles. The molecule has 2 N–H and O–H groups in total. The number of fused-ring (bicyclic) bond motifs is 5. The normalized spacial score (nSPS) is 15.2. The molecule has 0 fully saturated rings. The van der Waals surface area contributed by atoms with Gasteiger partial charge in [0, 0.05) is 29.2 Å². The minimum absolute atomic E-state index is 0.706. The van der Waals surface area contributed by atoms with Crippen LogP contribution >= 0.6 is 11.3 Å². The van der Waals surface area contributed by atoms with Crippen LogP contribution < -0.4 is 5.73 Å². The monoisotopic (exact) mass is 336 g/mol. The second kappa shape index (κ2) is 4.99. The van der Waals surface area contributed by atoms with Crippen molar-refractivity contribution in [3.05, 3.63) is 41.0 Å². The average Bonchev–Trinajstić information content (AvgIpc) is 3.15. The van der Waals surface area contributed by atoms with E-state index in [2.05, 4.69) is 22.0 Å². The third-order valence-electron chi connectivity index (χ3n) is 4.54. The standard InChI is InChI=1S/C17H16N6S/c1-22-7-6-12-13(8-22)24-17-14(12)16-20-15(21-23(16)9-19-17)10-2-4-11(18)5-3-10/h2-5,9H,6-8,18H2,1H3. The molecule has 7 heteroatoms. The summed E-state index contributed by atoms with van der Waals surface area (Å²) in [5.41, 5.74) is 9.76. The molecule has 0 unspecified atom stereocenters. The van der Waals surface area contributed by atoms with Gasteiger partial charge in [-0.1, -0.05) is 0 Å². The van der Waals surface area contributed by atoms with E-state index in [1.807, 2.05) is 24.3 Å². The van der Waals surface area contributed by atoms with Crippen molar-refractivity contribution < 1.29 is 0 Å². The number of thiophene rings is 1. The molecule has 0 spiro atoms. The van der Waals surface area contributed by atoms with Crippen molar-refractivity contribution in [2.24, 2.45) is 0 Å². The number of hydrogen-bond acceptors (Lipinski definition) is 6. The van der Waals surface area contributed by atoms with E-state index < -0.39 is 0 Å². The van der Waals surface area contributed by atoms with Gasteiger partial charge in [0.15, 0.2) is 11.5 Å². The fourth-order valence-corrected chi connectivity index (χ4v) is 4.54. The maximum absolute atomic E-state index is 5.77. The van der Waals surface area contributed by atoms with Crippen LogP contribution in [-0.4, -0.2) is 38.1 Å². The summed E-state index contributed by atoms with van der Waals surface area (Å²) < 4.78 is 1.79. The summed E-state index contributed by atoms with van der Waals surface area (Å²) in [5, 5.41) is 5.77. The number of nitrogens with two attached hydrogens (primary N) is 1. The van der Waals surface area contributed by atoms with E-state index in [4.69, 9.17) is 10.7 Å². The highest BCUT2D eigenvalue weighted by atomic mass is 32.1. The van der Waals surface area contributed by atoms with Crippen LogP contribution in [-0.2, 0) is 13.0 Å². The summed E-state index contributed by atoms with van der Waals surface area (Å²) in [4.78, 5) is 14.2. The van der Waals surface area contributed by atoms with Crippen LogP contribution in [0.4, 0.5) is 5.69 Å². The molecule has 6 nitrogen and oxygen atoms in total. The lowest BCUT2D eigenvalue weighted by molar-refractivity contribution is 0.318. The molecular weight excluding hydrogens is 320 g/mol. The van der Waals surface area contributed by atoms with Crippen molar-refractivity contribution >= 4 is 32.9 Å². The maximum atomic E-state index is 5.77. The van der Waals surface area contributed by atoms with Gasteiger partial charge in [0.1, 0.15) is 11.2 Å². The van der Waals surface area contributed by atoms with Crippen LogP contribution in [0, 0.1) is 0 Å². The van der Waals surface area contributed by atoms with Gasteiger partial charge in [0.25, 0.3) is 0 Å². The zero-order chi connectivity index (χ0) is 16.3. The van der Waals surface area contributed by atoms with E-state index in [0.717, 1.165) is 41.2 Å². The van der Waals surface area contributed by atoms with Gasteiger partial charge in [-0.05, 0) is 43.3 Å². The molecule has 120 valence electrons. The Morgan fingerprint density at radius 2 is 2.04 bits per heavy atom. The second-order valence-electron chi connectivity index (χ2n) is 6.24. The fourth-order valence-electron chi connectivity index (χ4n) is 3.27. The van der Waals surface area contributed by atoms with E-state index in [-0.39, 0.29) is 0 Å². The van der Waals surface area contributed by atoms with Crippen molar-refractivity contribution in [3.63, 3.8) is 0 Å². The van der Waals surface area contributed by atoms with Gasteiger partial charge in [-0.3, -0.25) is 0 Å². The lowest BCUT2D eigenvalue weighted by Gasteiger charge is -2.21. The molecule has 0 saturated heterocycles. The van der Waals surface area contributed by atoms with Gasteiger partial charge >= 0.3 is 0 Å². The smallest absolute Gasteiger partial charge is 0.182 e. The Kier molecular flexibility index (Phi) is 2.89. The Hall–Kier alpha value is -2.51. The minimum Gasteiger partial charge on any atom is -0.399 e. The lowest BCUT2D eigenvalue weighted by atomic mass is 10.1. The summed E-state index contributed by atoms with van der Waals surface area (Å²) in [6.07, 6.45) is 2.80. The minimum atomic E-state index is 0.706. The molecule has 5 rings (SSSR count). The van der Waals surface area contributed by atoms with Gasteiger partial charge in [-0.2, -0.15) is 0 Å². The molecule has 4 heterocycles. The molecular formula is C17H16N6S. The van der Waals surface area contributed by atoms with Crippen molar-refractivity contribution in [2.45, 2.75) is 13.0 Å². The van der Waals surface area contributed by atoms with Crippen LogP contribution in [0.1, 0.15) is 10.4 Å². The van der Waals surface area contributed by atoms with Crippen LogP contribution in [0.15, 0.2) is 30.6 Å². The van der Waals surface area contributed by atoms with Gasteiger partial charge < -0.3 is 10.6 Å². The van der Waals surface area contributed by atoms with Crippen LogP contribution in [0.2, 0.25) is 0 Å². The first-order valence-corrected chi connectivity index (χ1v) is 8.71. The first-order valence-electron chi connectivity index (χ1n) is 7.89. The Bertz CT molecular complexity index is 1060. The Morgan fingerprint density at radius 3 is 2.88 bits per heavy atom. The van der Waals surface area contributed by atoms with E-state index >= 15 is 0 Å². The van der Waals surface area contributed by atoms with Crippen molar-refractivity contribution in [1.82, 2.24) is 24.5 Å². The zero-order valence-corrected chi connectivity index (χ0v) is 14.0. The number of likely N-dealkylation sites (N-methyl/N-ethyl adjacent to an activating group) is 1. The van der Waals surface area contributed by atoms with Gasteiger partial charge in [-0.25, -0.2) is 14.5 Å². The van der Waals surface area contributed by atoms with E-state index in [9.17, 15) is 0 Å². The number of rotatable bonds is 1. The first-order chi connectivity index (χ1) is 11.7. The van der Waals surface area contributed by atoms with Crippen molar-refractivity contribution in [2.75, 3.05) is 19.3 Å². The summed E-state index contributed by atoms with van der Waals surface area (Å²) >= 11 is 1.77. The predicted molar refractivity (Wildman–Crippen MR) is 96.1 cm³/mol. The third-order valence-corrected chi connectivity index (χ3v) is 5.66. The summed E-state index contributed by atoms with van der Waals surface area (Å²) in [7, 11) is 2.16. The molecule has 0 radical (unpaired) electrons. The number of nitrogens with zero attached hydrogens (tertiary/aromatic N) is 5. The molecule has 0 atom stereocenters. The van der Waals surface area contributed by atoms with Crippen molar-refractivity contribution in [1.29, 1.82) is 0 Å². The van der Waals surface area contributed by atoms with Crippen LogP contribution in [0.3, 0.4) is 0 Å². The zero-order valence-electron chi connectivity index (χ0n) is 13.2. The molecule has 0 bridgehead atoms. The SMILES string of the molecule is CN1CCc2c(sc3ncn4nc(-c5ccc(N)cc5)nc4c23)C1. The molecule has 0 amide bonds. The quantitative estimate of drug-likeness (QED) is 0.541. The topological polar surface area (TPSA) is 72.3 Å². The second-order valence-corrected chi connectivity index (χ2v) is 7.33. The van der Waals surface area contributed by atoms with E-state index in [1.165, 1.54) is 15.8 Å². The Balaban J connectivity index is 1.74. The molecule has 1 aromatic carbocycles. The fraction of sp³-hybridized carbons (Fsp3) is 0.235. The van der Waals surface area contributed by atoms with Crippen molar-refractivity contribution in [3.8, 4) is 11.4 Å². The number of anilines is 1. The summed E-state index contributed by atoms with van der Waals surface area (Å²) in [6, 6.07) is 7.65. The highest BCUT2D eigenvalue weighted by Gasteiger charge is 2.22. The highest BCUT2D eigenvalue weighted by Crippen LogP contribution is 2.36. The van der Waals surface area contributed by atoms with Gasteiger partial charge in [0.2, 0.25) is 0 Å². The Morgan fingerprint density at radius 1 is 1.21 bits per heavy atom. The Labute approximate surface area is 142 Å². The number of aromatic nitrogens is 4. The van der Waals surface area contributed by atoms with Crippen LogP contribution in [0.5, 0.6) is 0 Å². The number of benzene rings is 1. The molecule has 0 saturated carbocycles. The summed E-state index contributed by atoms with van der Waals surface area (Å²) in [5.74, 6) is 0.706. The van der Waals surface area contributed by atoms with Gasteiger partial charge in [-0.15, -0.1) is 16.4 Å². The predicted octanol–water partition coefficient (Wildman–Crippen LogP) is 2.58. The van der Waals surface area contributed by atoms with E-state index in [1.54, 1.807) is 22.2 Å². The number of hydrogen-bond donors (Lipinski definition) is 1. The van der Waals surface area contributed by atoms with E-state index in [0.29, 0.717) is 5.82 Å². The van der Waals surface area contributed by atoms with Crippen LogP contribution in [0.25, 0.3) is 27.3 Å². The summed E-state index contributed by atoms with van der Waals surface area (Å²) in [6.45, 7) is 2.06. The highest BCUT2D eigenvalue weighted by molar-refractivity contribution is 7.19. The first kappa shape index (κ1) is 13.9. The lowest BCUT2D eigenvalue weighted by Crippen LogP contribution is -2.25. The molecule has 1 aliphatic rings. The number of nitrogen functional groups attached to an aromatic ring is 1. The van der Waals surface area contributed by atoms with Gasteiger partial charge in [0.05, 0.1) is 5.39 Å². The third kappa shape index (κ3) is 2.02. The molecule has 24 heavy (non-hydrogen) atoms. The average molecular weight is 336 g/mol. The maximum Gasteiger partial charge on any atom is 0.182 e. The largest absolute Gasteiger partial charge is 0.399 e. The molecule has 3 aromatic heterocycles. The molecule has 4 aromatic rings.